The van der Waals surface area contributed by atoms with Gasteiger partial charge in [-0.25, -0.2) is 8.42 Å². The van der Waals surface area contributed by atoms with Crippen molar-refractivity contribution >= 4 is 15.9 Å². The molecule has 0 atom stereocenters. The molecule has 0 radical (unpaired) electrons. The topological polar surface area (TPSA) is 110 Å². The van der Waals surface area contributed by atoms with Crippen LogP contribution in [0.25, 0.3) is 11.7 Å². The molecule has 3 heterocycles. The lowest BCUT2D eigenvalue weighted by Crippen LogP contribution is -2.32. The molecule has 0 unspecified atom stereocenters. The van der Waals surface area contributed by atoms with Crippen molar-refractivity contribution in [2.24, 2.45) is 0 Å². The summed E-state index contributed by atoms with van der Waals surface area (Å²) in [7, 11) is -3.56. The van der Waals surface area contributed by atoms with Gasteiger partial charge in [-0.1, -0.05) is 19.8 Å². The Balaban J connectivity index is 1.48. The summed E-state index contributed by atoms with van der Waals surface area (Å²) >= 11 is 0. The number of furan rings is 1. The Kier molecular flexibility index (Phi) is 7.24. The van der Waals surface area contributed by atoms with Gasteiger partial charge in [-0.2, -0.15) is 4.31 Å². The molecule has 176 valence electrons. The molecule has 1 amide bonds. The van der Waals surface area contributed by atoms with Crippen LogP contribution in [0.2, 0.25) is 0 Å². The highest BCUT2D eigenvalue weighted by Gasteiger charge is 2.26. The second kappa shape index (κ2) is 10.3. The summed E-state index contributed by atoms with van der Waals surface area (Å²) in [6.07, 6.45) is 6.11. The summed E-state index contributed by atoms with van der Waals surface area (Å²) in [5.41, 5.74) is 0.407. The maximum absolute atomic E-state index is 13.1. The molecule has 1 aromatic carbocycles. The zero-order valence-electron chi connectivity index (χ0n) is 18.6. The molecule has 1 aliphatic rings. The van der Waals surface area contributed by atoms with Gasteiger partial charge in [-0.3, -0.25) is 4.79 Å². The van der Waals surface area contributed by atoms with Crippen molar-refractivity contribution in [3.63, 3.8) is 0 Å². The maximum Gasteiger partial charge on any atom is 0.283 e. The van der Waals surface area contributed by atoms with Crippen molar-refractivity contribution in [2.45, 2.75) is 50.5 Å². The molecule has 0 N–H and O–H groups in total. The Morgan fingerprint density at radius 2 is 1.79 bits per heavy atom. The lowest BCUT2D eigenvalue weighted by atomic mass is 10.2. The van der Waals surface area contributed by atoms with Crippen LogP contribution < -0.4 is 0 Å². The van der Waals surface area contributed by atoms with Gasteiger partial charge < -0.3 is 13.7 Å². The summed E-state index contributed by atoms with van der Waals surface area (Å²) in [4.78, 5) is 15.0. The zero-order valence-corrected chi connectivity index (χ0v) is 19.5. The molecule has 1 saturated heterocycles. The van der Waals surface area contributed by atoms with E-state index in [2.05, 4.69) is 10.2 Å². The number of hydrogen-bond acceptors (Lipinski definition) is 7. The molecule has 33 heavy (non-hydrogen) atoms. The van der Waals surface area contributed by atoms with E-state index in [1.54, 1.807) is 33.5 Å². The van der Waals surface area contributed by atoms with Gasteiger partial charge in [0.25, 0.3) is 11.8 Å². The van der Waals surface area contributed by atoms with Gasteiger partial charge in [0, 0.05) is 25.2 Å². The molecule has 0 aliphatic carbocycles. The highest BCUT2D eigenvalue weighted by molar-refractivity contribution is 7.89. The molecule has 0 bridgehead atoms. The van der Waals surface area contributed by atoms with E-state index in [1.807, 2.05) is 6.92 Å². The fourth-order valence-electron chi connectivity index (χ4n) is 3.89. The van der Waals surface area contributed by atoms with Crippen LogP contribution in [0.1, 0.15) is 55.3 Å². The Labute approximate surface area is 193 Å². The Hall–Kier alpha value is -2.98. The van der Waals surface area contributed by atoms with Crippen LogP contribution in [0.3, 0.4) is 0 Å². The van der Waals surface area contributed by atoms with E-state index in [-0.39, 0.29) is 23.2 Å². The highest BCUT2D eigenvalue weighted by Crippen LogP contribution is 2.22. The number of benzene rings is 1. The number of hydrogen-bond donors (Lipinski definition) is 0. The van der Waals surface area contributed by atoms with E-state index in [1.165, 1.54) is 18.4 Å². The van der Waals surface area contributed by atoms with Gasteiger partial charge in [0.15, 0.2) is 5.76 Å². The summed E-state index contributed by atoms with van der Waals surface area (Å²) < 4.78 is 38.4. The quantitative estimate of drug-likeness (QED) is 0.488. The molecule has 10 heteroatoms. The van der Waals surface area contributed by atoms with E-state index in [0.29, 0.717) is 36.8 Å². The first kappa shape index (κ1) is 23.2. The third kappa shape index (κ3) is 5.33. The van der Waals surface area contributed by atoms with Crippen molar-refractivity contribution < 1.29 is 22.0 Å². The summed E-state index contributed by atoms with van der Waals surface area (Å²) in [5.74, 6) is 0.780. The smallest absolute Gasteiger partial charge is 0.283 e. The van der Waals surface area contributed by atoms with Crippen molar-refractivity contribution in [3.05, 3.63) is 54.1 Å². The van der Waals surface area contributed by atoms with Gasteiger partial charge in [0.2, 0.25) is 15.9 Å². The molecule has 1 aliphatic heterocycles. The minimum absolute atomic E-state index is 0.147. The van der Waals surface area contributed by atoms with Gasteiger partial charge in [0.05, 0.1) is 17.7 Å². The minimum atomic E-state index is -3.56. The molecule has 1 fully saturated rings. The van der Waals surface area contributed by atoms with Crippen molar-refractivity contribution in [3.8, 4) is 11.7 Å². The fraction of sp³-hybridized carbons (Fsp3) is 0.435. The molecule has 3 aromatic rings. The lowest BCUT2D eigenvalue weighted by molar-refractivity contribution is 0.0728. The minimum Gasteiger partial charge on any atom is -0.459 e. The third-order valence-electron chi connectivity index (χ3n) is 5.61. The van der Waals surface area contributed by atoms with Crippen molar-refractivity contribution in [1.29, 1.82) is 0 Å². The molecule has 4 rings (SSSR count). The molecular weight excluding hydrogens is 444 g/mol. The summed E-state index contributed by atoms with van der Waals surface area (Å²) in [5, 5.41) is 7.99. The van der Waals surface area contributed by atoms with E-state index in [4.69, 9.17) is 8.83 Å². The maximum atomic E-state index is 13.1. The van der Waals surface area contributed by atoms with E-state index in [0.717, 1.165) is 32.1 Å². The monoisotopic (exact) mass is 472 g/mol. The average Bonchev–Trinajstić information content (AvgIpc) is 3.44. The molecule has 2 aromatic heterocycles. The summed E-state index contributed by atoms with van der Waals surface area (Å²) in [6, 6.07) is 9.60. The highest BCUT2D eigenvalue weighted by atomic mass is 32.2. The Morgan fingerprint density at radius 3 is 2.42 bits per heavy atom. The number of carbonyl (C=O) groups is 1. The zero-order chi connectivity index (χ0) is 23.3. The van der Waals surface area contributed by atoms with Crippen LogP contribution in [0.15, 0.2) is 56.4 Å². The molecule has 0 spiro atoms. The number of carbonyl (C=O) groups excluding carboxylic acids is 1. The van der Waals surface area contributed by atoms with Crippen LogP contribution in [0.5, 0.6) is 0 Å². The number of nitrogens with zero attached hydrogens (tertiary/aromatic N) is 4. The average molecular weight is 473 g/mol. The van der Waals surface area contributed by atoms with Crippen molar-refractivity contribution in [1.82, 2.24) is 19.4 Å². The van der Waals surface area contributed by atoms with Crippen LogP contribution in [0.4, 0.5) is 0 Å². The molecule has 0 saturated carbocycles. The fourth-order valence-corrected chi connectivity index (χ4v) is 5.40. The molecular formula is C23H28N4O5S. The first-order valence-corrected chi connectivity index (χ1v) is 12.7. The Morgan fingerprint density at radius 1 is 1.06 bits per heavy atom. The standard InChI is InChI=1S/C23H28N4O5S/c1-2-13-26(17-21-24-25-22(32-21)20-8-7-16-31-20)23(28)18-9-11-19(12-10-18)33(29,30)27-14-5-3-4-6-15-27/h7-12,16H,2-6,13-15,17H2,1H3. The van der Waals surface area contributed by atoms with Gasteiger partial charge in [-0.05, 0) is 55.7 Å². The Bertz CT molecular complexity index is 1150. The third-order valence-corrected chi connectivity index (χ3v) is 7.52. The van der Waals surface area contributed by atoms with Crippen LogP contribution in [-0.4, -0.2) is 53.4 Å². The molecule has 9 nitrogen and oxygen atoms in total. The largest absolute Gasteiger partial charge is 0.459 e. The SMILES string of the molecule is CCCN(Cc1nnc(-c2ccco2)o1)C(=O)c1ccc(S(=O)(=O)N2CCCCCC2)cc1. The van der Waals surface area contributed by atoms with Crippen LogP contribution >= 0.6 is 0 Å². The second-order valence-corrected chi connectivity index (χ2v) is 9.99. The van der Waals surface area contributed by atoms with E-state index >= 15 is 0 Å². The van der Waals surface area contributed by atoms with Gasteiger partial charge >= 0.3 is 0 Å². The van der Waals surface area contributed by atoms with E-state index < -0.39 is 10.0 Å². The van der Waals surface area contributed by atoms with Crippen LogP contribution in [0, 0.1) is 0 Å². The predicted octanol–water partition coefficient (Wildman–Crippen LogP) is 3.95. The van der Waals surface area contributed by atoms with Gasteiger partial charge in [0.1, 0.15) is 0 Å². The first-order chi connectivity index (χ1) is 16.0. The predicted molar refractivity (Wildman–Crippen MR) is 121 cm³/mol. The normalized spacial score (nSPS) is 15.3. The first-order valence-electron chi connectivity index (χ1n) is 11.2. The number of sulfonamides is 1. The van der Waals surface area contributed by atoms with Crippen molar-refractivity contribution in [2.75, 3.05) is 19.6 Å². The van der Waals surface area contributed by atoms with Gasteiger partial charge in [-0.15, -0.1) is 10.2 Å². The number of amides is 1. The summed E-state index contributed by atoms with van der Waals surface area (Å²) in [6.45, 7) is 3.69. The number of rotatable bonds is 8. The lowest BCUT2D eigenvalue weighted by Gasteiger charge is -2.21. The van der Waals surface area contributed by atoms with Crippen LogP contribution in [-0.2, 0) is 16.6 Å². The second-order valence-electron chi connectivity index (χ2n) is 8.05. The number of aromatic nitrogens is 2. The van der Waals surface area contributed by atoms with E-state index in [9.17, 15) is 13.2 Å².